The molecule has 18 heavy (non-hydrogen) atoms. The van der Waals surface area contributed by atoms with E-state index in [1.54, 1.807) is 11.8 Å². The highest BCUT2D eigenvalue weighted by atomic mass is 32.2. The third-order valence-corrected chi connectivity index (χ3v) is 4.65. The molecule has 0 unspecified atom stereocenters. The van der Waals surface area contributed by atoms with Crippen molar-refractivity contribution < 1.29 is 0 Å². The number of thioether (sulfide) groups is 1. The molecule has 0 saturated heterocycles. The molecule has 1 aromatic heterocycles. The van der Waals surface area contributed by atoms with E-state index < -0.39 is 0 Å². The molecule has 0 saturated carbocycles. The fraction of sp³-hybridized carbons (Fsp3) is 0.692. The number of aromatic nitrogens is 2. The number of amidine groups is 1. The van der Waals surface area contributed by atoms with Gasteiger partial charge in [-0.2, -0.15) is 5.10 Å². The predicted octanol–water partition coefficient (Wildman–Crippen LogP) is 3.54. The molecule has 0 bridgehead atoms. The molecule has 1 aliphatic heterocycles. The van der Waals surface area contributed by atoms with Gasteiger partial charge in [-0.25, -0.2) is 0 Å². The fourth-order valence-electron chi connectivity index (χ4n) is 1.96. The first-order valence-corrected chi connectivity index (χ1v) is 7.62. The van der Waals surface area contributed by atoms with Gasteiger partial charge >= 0.3 is 0 Å². The van der Waals surface area contributed by atoms with Crippen molar-refractivity contribution in [1.82, 2.24) is 9.78 Å². The lowest BCUT2D eigenvalue weighted by Gasteiger charge is -2.20. The first-order valence-electron chi connectivity index (χ1n) is 6.63. The van der Waals surface area contributed by atoms with E-state index in [1.165, 1.54) is 0 Å². The normalized spacial score (nSPS) is 18.2. The summed E-state index contributed by atoms with van der Waals surface area (Å²) in [6.07, 6.45) is 4.20. The molecule has 1 N–H and O–H groups in total. The average Bonchev–Trinajstić information content (AvgIpc) is 2.97. The molecule has 0 fully saturated rings. The lowest BCUT2D eigenvalue weighted by molar-refractivity contribution is 0.456. The minimum absolute atomic E-state index is 0.133. The largest absolute Gasteiger partial charge is 0.318 e. The van der Waals surface area contributed by atoms with Crippen LogP contribution in [0.2, 0.25) is 0 Å². The van der Waals surface area contributed by atoms with Crippen molar-refractivity contribution in [3.63, 3.8) is 0 Å². The Bertz CT molecular complexity index is 432. The SMILES string of the molecule is CCC1(CC)CSC(Nc2ccn(C(C)C)n2)=N1. The van der Waals surface area contributed by atoms with Crippen LogP contribution in [0.5, 0.6) is 0 Å². The summed E-state index contributed by atoms with van der Waals surface area (Å²) in [7, 11) is 0. The predicted molar refractivity (Wildman–Crippen MR) is 79.4 cm³/mol. The van der Waals surface area contributed by atoms with Gasteiger partial charge in [0.25, 0.3) is 0 Å². The number of rotatable bonds is 4. The fourth-order valence-corrected chi connectivity index (χ4v) is 3.27. The third-order valence-electron chi connectivity index (χ3n) is 3.50. The third kappa shape index (κ3) is 2.71. The summed E-state index contributed by atoms with van der Waals surface area (Å²) in [6, 6.07) is 2.39. The van der Waals surface area contributed by atoms with Crippen LogP contribution < -0.4 is 5.32 Å². The topological polar surface area (TPSA) is 42.2 Å². The minimum atomic E-state index is 0.133. The van der Waals surface area contributed by atoms with Gasteiger partial charge in [0, 0.05) is 24.1 Å². The Balaban J connectivity index is 2.06. The van der Waals surface area contributed by atoms with Gasteiger partial charge in [0.05, 0.1) is 5.54 Å². The second-order valence-corrected chi connectivity index (χ2v) is 6.00. The summed E-state index contributed by atoms with van der Waals surface area (Å²) in [6.45, 7) is 8.67. The number of anilines is 1. The average molecular weight is 266 g/mol. The van der Waals surface area contributed by atoms with Crippen LogP contribution >= 0.6 is 11.8 Å². The lowest BCUT2D eigenvalue weighted by Crippen LogP contribution is -2.24. The number of nitrogens with zero attached hydrogens (tertiary/aromatic N) is 3. The number of hydrogen-bond acceptors (Lipinski definition) is 4. The molecule has 0 radical (unpaired) electrons. The summed E-state index contributed by atoms with van der Waals surface area (Å²) in [5.41, 5.74) is 0.133. The molecule has 0 atom stereocenters. The Kier molecular flexibility index (Phi) is 4.00. The second-order valence-electron chi connectivity index (χ2n) is 5.04. The molecule has 0 aromatic carbocycles. The Morgan fingerprint density at radius 1 is 1.44 bits per heavy atom. The quantitative estimate of drug-likeness (QED) is 0.906. The first-order chi connectivity index (χ1) is 8.58. The Morgan fingerprint density at radius 3 is 2.67 bits per heavy atom. The van der Waals surface area contributed by atoms with Crippen LogP contribution in [0.1, 0.15) is 46.6 Å². The molecule has 2 rings (SSSR count). The summed E-state index contributed by atoms with van der Waals surface area (Å²) < 4.78 is 1.95. The van der Waals surface area contributed by atoms with Crippen molar-refractivity contribution in [3.05, 3.63) is 12.3 Å². The van der Waals surface area contributed by atoms with Crippen LogP contribution in [0.15, 0.2) is 17.3 Å². The summed E-state index contributed by atoms with van der Waals surface area (Å²) in [5, 5.41) is 8.81. The lowest BCUT2D eigenvalue weighted by atomic mass is 9.97. The Morgan fingerprint density at radius 2 is 2.17 bits per heavy atom. The second kappa shape index (κ2) is 5.34. The minimum Gasteiger partial charge on any atom is -0.318 e. The smallest absolute Gasteiger partial charge is 0.162 e. The monoisotopic (exact) mass is 266 g/mol. The summed E-state index contributed by atoms with van der Waals surface area (Å²) in [4.78, 5) is 4.83. The molecule has 0 amide bonds. The van der Waals surface area contributed by atoms with Gasteiger partial charge in [-0.05, 0) is 26.7 Å². The van der Waals surface area contributed by atoms with Crippen LogP contribution in [0.4, 0.5) is 5.82 Å². The molecular weight excluding hydrogens is 244 g/mol. The zero-order valence-corrected chi connectivity index (χ0v) is 12.4. The maximum Gasteiger partial charge on any atom is 0.162 e. The van der Waals surface area contributed by atoms with Crippen molar-refractivity contribution >= 4 is 22.7 Å². The summed E-state index contributed by atoms with van der Waals surface area (Å²) >= 11 is 1.80. The highest BCUT2D eigenvalue weighted by Gasteiger charge is 2.32. The molecular formula is C13H22N4S. The van der Waals surface area contributed by atoms with Crippen molar-refractivity contribution in [1.29, 1.82) is 0 Å². The van der Waals surface area contributed by atoms with Crippen molar-refractivity contribution in [2.75, 3.05) is 11.1 Å². The van der Waals surface area contributed by atoms with E-state index in [1.807, 2.05) is 16.9 Å². The van der Waals surface area contributed by atoms with Gasteiger partial charge in [0.1, 0.15) is 0 Å². The standard InChI is InChI=1S/C13H22N4S/c1-5-13(6-2)9-18-12(15-13)14-11-7-8-17(16-11)10(3)4/h7-8,10H,5-6,9H2,1-4H3,(H,14,15,16). The first kappa shape index (κ1) is 13.5. The van der Waals surface area contributed by atoms with E-state index in [4.69, 9.17) is 4.99 Å². The highest BCUT2D eigenvalue weighted by Crippen LogP contribution is 2.33. The molecule has 2 heterocycles. The zero-order chi connectivity index (χ0) is 13.2. The van der Waals surface area contributed by atoms with E-state index in [2.05, 4.69) is 38.1 Å². The van der Waals surface area contributed by atoms with Crippen LogP contribution in [-0.4, -0.2) is 26.2 Å². The molecule has 4 nitrogen and oxygen atoms in total. The van der Waals surface area contributed by atoms with Gasteiger partial charge in [0.2, 0.25) is 0 Å². The van der Waals surface area contributed by atoms with Gasteiger partial charge in [-0.15, -0.1) is 0 Å². The van der Waals surface area contributed by atoms with E-state index in [0.717, 1.165) is 29.6 Å². The Hall–Kier alpha value is -0.970. The molecule has 1 aromatic rings. The molecule has 0 aliphatic carbocycles. The van der Waals surface area contributed by atoms with Gasteiger partial charge in [-0.1, -0.05) is 25.6 Å². The summed E-state index contributed by atoms with van der Waals surface area (Å²) in [5.74, 6) is 1.96. The Labute approximate surface area is 113 Å². The van der Waals surface area contributed by atoms with Crippen molar-refractivity contribution in [3.8, 4) is 0 Å². The van der Waals surface area contributed by atoms with Gasteiger partial charge in [0.15, 0.2) is 11.0 Å². The van der Waals surface area contributed by atoms with E-state index in [9.17, 15) is 0 Å². The maximum atomic E-state index is 4.83. The zero-order valence-electron chi connectivity index (χ0n) is 11.6. The van der Waals surface area contributed by atoms with Crippen molar-refractivity contribution in [2.45, 2.75) is 52.1 Å². The molecule has 5 heteroatoms. The van der Waals surface area contributed by atoms with Gasteiger partial charge < -0.3 is 5.32 Å². The maximum absolute atomic E-state index is 4.83. The highest BCUT2D eigenvalue weighted by molar-refractivity contribution is 8.14. The van der Waals surface area contributed by atoms with Crippen LogP contribution in [0.3, 0.4) is 0 Å². The number of aliphatic imine (C=N–C) groups is 1. The van der Waals surface area contributed by atoms with E-state index >= 15 is 0 Å². The van der Waals surface area contributed by atoms with Crippen molar-refractivity contribution in [2.24, 2.45) is 4.99 Å². The molecule has 0 spiro atoms. The van der Waals surface area contributed by atoms with E-state index in [0.29, 0.717) is 6.04 Å². The number of hydrogen-bond donors (Lipinski definition) is 1. The van der Waals surface area contributed by atoms with Crippen LogP contribution in [-0.2, 0) is 0 Å². The van der Waals surface area contributed by atoms with Crippen LogP contribution in [0, 0.1) is 0 Å². The molecule has 100 valence electrons. The van der Waals surface area contributed by atoms with Gasteiger partial charge in [-0.3, -0.25) is 9.67 Å². The van der Waals surface area contributed by atoms with Crippen LogP contribution in [0.25, 0.3) is 0 Å². The van der Waals surface area contributed by atoms with E-state index in [-0.39, 0.29) is 5.54 Å². The number of nitrogens with one attached hydrogen (secondary N) is 1. The molecule has 1 aliphatic rings.